The summed E-state index contributed by atoms with van der Waals surface area (Å²) in [7, 11) is 0. The topological polar surface area (TPSA) is 40.5 Å². The molecular formula is C9H17NO2. The third kappa shape index (κ3) is 3.32. The van der Waals surface area contributed by atoms with Gasteiger partial charge in [0, 0.05) is 13.0 Å². The molecule has 1 saturated heterocycles. The highest BCUT2D eigenvalue weighted by molar-refractivity contribution is 5.81. The van der Waals surface area contributed by atoms with Crippen LogP contribution in [-0.2, 0) is 4.79 Å². The number of aliphatic hydroxyl groups excluding tert-OH is 1. The molecule has 1 aliphatic rings. The fourth-order valence-electron chi connectivity index (χ4n) is 1.47. The fourth-order valence-corrected chi connectivity index (χ4v) is 1.47. The second-order valence-corrected chi connectivity index (χ2v) is 3.56. The SMILES string of the molecule is CC(O)CCN1CCCC(=O)C1. The van der Waals surface area contributed by atoms with Gasteiger partial charge >= 0.3 is 0 Å². The predicted octanol–water partition coefficient (Wildman–Crippen LogP) is 0.422. The summed E-state index contributed by atoms with van der Waals surface area (Å²) in [5, 5.41) is 9.04. The zero-order valence-corrected chi connectivity index (χ0v) is 7.62. The number of likely N-dealkylation sites (tertiary alicyclic amines) is 1. The molecule has 0 saturated carbocycles. The molecule has 12 heavy (non-hydrogen) atoms. The van der Waals surface area contributed by atoms with Crippen molar-refractivity contribution in [2.75, 3.05) is 19.6 Å². The van der Waals surface area contributed by atoms with E-state index in [2.05, 4.69) is 4.90 Å². The van der Waals surface area contributed by atoms with Crippen molar-refractivity contribution < 1.29 is 9.90 Å². The minimum Gasteiger partial charge on any atom is -0.393 e. The molecule has 0 aromatic carbocycles. The standard InChI is InChI=1S/C9H17NO2/c1-8(11)4-6-10-5-2-3-9(12)7-10/h8,11H,2-7H2,1H3. The Morgan fingerprint density at radius 1 is 1.67 bits per heavy atom. The first-order valence-electron chi connectivity index (χ1n) is 4.60. The lowest BCUT2D eigenvalue weighted by molar-refractivity contribution is -0.122. The Balaban J connectivity index is 2.18. The van der Waals surface area contributed by atoms with Crippen molar-refractivity contribution in [2.45, 2.75) is 32.3 Å². The Bertz CT molecular complexity index is 157. The highest BCUT2D eigenvalue weighted by Gasteiger charge is 2.16. The molecule has 70 valence electrons. The number of carbonyl (C=O) groups is 1. The van der Waals surface area contributed by atoms with Gasteiger partial charge in [0.15, 0.2) is 0 Å². The molecule has 1 unspecified atom stereocenters. The number of rotatable bonds is 3. The lowest BCUT2D eigenvalue weighted by Gasteiger charge is -2.25. The first-order valence-corrected chi connectivity index (χ1v) is 4.60. The first-order chi connectivity index (χ1) is 5.68. The van der Waals surface area contributed by atoms with Gasteiger partial charge in [0.1, 0.15) is 5.78 Å². The largest absolute Gasteiger partial charge is 0.393 e. The zero-order chi connectivity index (χ0) is 8.97. The van der Waals surface area contributed by atoms with Crippen LogP contribution in [0.15, 0.2) is 0 Å². The smallest absolute Gasteiger partial charge is 0.146 e. The third-order valence-corrected chi connectivity index (χ3v) is 2.19. The van der Waals surface area contributed by atoms with Gasteiger partial charge in [0.05, 0.1) is 12.6 Å². The summed E-state index contributed by atoms with van der Waals surface area (Å²) in [6, 6.07) is 0. The summed E-state index contributed by atoms with van der Waals surface area (Å²) < 4.78 is 0. The second-order valence-electron chi connectivity index (χ2n) is 3.56. The van der Waals surface area contributed by atoms with Crippen LogP contribution in [0.2, 0.25) is 0 Å². The lowest BCUT2D eigenvalue weighted by atomic mass is 10.1. The Kier molecular flexibility index (Phi) is 3.69. The summed E-state index contributed by atoms with van der Waals surface area (Å²) in [4.78, 5) is 13.1. The number of carbonyl (C=O) groups excluding carboxylic acids is 1. The molecule has 1 aliphatic heterocycles. The molecule has 0 radical (unpaired) electrons. The maximum absolute atomic E-state index is 11.0. The predicted molar refractivity (Wildman–Crippen MR) is 47.0 cm³/mol. The average molecular weight is 171 g/mol. The van der Waals surface area contributed by atoms with Crippen molar-refractivity contribution in [2.24, 2.45) is 0 Å². The molecule has 1 heterocycles. The van der Waals surface area contributed by atoms with Crippen LogP contribution in [0, 0.1) is 0 Å². The molecule has 0 bridgehead atoms. The summed E-state index contributed by atoms with van der Waals surface area (Å²) in [6.45, 7) is 4.24. The molecule has 0 amide bonds. The van der Waals surface area contributed by atoms with Gasteiger partial charge in [-0.3, -0.25) is 9.69 Å². The van der Waals surface area contributed by atoms with E-state index in [1.54, 1.807) is 6.92 Å². The maximum Gasteiger partial charge on any atom is 0.146 e. The maximum atomic E-state index is 11.0. The monoisotopic (exact) mass is 171 g/mol. The van der Waals surface area contributed by atoms with Crippen molar-refractivity contribution in [3.05, 3.63) is 0 Å². The van der Waals surface area contributed by atoms with E-state index in [0.717, 1.165) is 32.4 Å². The van der Waals surface area contributed by atoms with Gasteiger partial charge in [-0.1, -0.05) is 0 Å². The molecule has 1 fully saturated rings. The molecule has 3 heteroatoms. The van der Waals surface area contributed by atoms with E-state index in [4.69, 9.17) is 5.11 Å². The Hall–Kier alpha value is -0.410. The van der Waals surface area contributed by atoms with E-state index >= 15 is 0 Å². The van der Waals surface area contributed by atoms with Gasteiger partial charge < -0.3 is 5.11 Å². The van der Waals surface area contributed by atoms with Crippen molar-refractivity contribution in [3.63, 3.8) is 0 Å². The summed E-state index contributed by atoms with van der Waals surface area (Å²) in [5.41, 5.74) is 0. The number of Topliss-reactive ketones (excluding diaryl/α,β-unsaturated/α-hetero) is 1. The first kappa shape index (κ1) is 9.68. The molecule has 1 rings (SSSR count). The second kappa shape index (κ2) is 4.58. The molecular weight excluding hydrogens is 154 g/mol. The Labute approximate surface area is 73.4 Å². The minimum atomic E-state index is -0.248. The Morgan fingerprint density at radius 2 is 2.42 bits per heavy atom. The van der Waals surface area contributed by atoms with Gasteiger partial charge in [-0.05, 0) is 26.3 Å². The van der Waals surface area contributed by atoms with Gasteiger partial charge in [0.2, 0.25) is 0 Å². The van der Waals surface area contributed by atoms with Crippen LogP contribution < -0.4 is 0 Å². The number of hydrogen-bond acceptors (Lipinski definition) is 3. The highest BCUT2D eigenvalue weighted by atomic mass is 16.3. The van der Waals surface area contributed by atoms with Gasteiger partial charge in [-0.15, -0.1) is 0 Å². The van der Waals surface area contributed by atoms with Gasteiger partial charge in [-0.25, -0.2) is 0 Å². The van der Waals surface area contributed by atoms with Crippen molar-refractivity contribution in [1.29, 1.82) is 0 Å². The molecule has 0 aromatic heterocycles. The normalized spacial score (nSPS) is 22.7. The minimum absolute atomic E-state index is 0.248. The average Bonchev–Trinajstić information content (AvgIpc) is 2.01. The van der Waals surface area contributed by atoms with Gasteiger partial charge in [0.25, 0.3) is 0 Å². The highest BCUT2D eigenvalue weighted by Crippen LogP contribution is 2.06. The van der Waals surface area contributed by atoms with Crippen LogP contribution in [0.3, 0.4) is 0 Å². The van der Waals surface area contributed by atoms with E-state index in [1.165, 1.54) is 0 Å². The lowest BCUT2D eigenvalue weighted by Crippen LogP contribution is -2.37. The van der Waals surface area contributed by atoms with Crippen molar-refractivity contribution in [1.82, 2.24) is 4.90 Å². The molecule has 1 N–H and O–H groups in total. The quantitative estimate of drug-likeness (QED) is 0.669. The molecule has 3 nitrogen and oxygen atoms in total. The van der Waals surface area contributed by atoms with Crippen LogP contribution in [0.4, 0.5) is 0 Å². The van der Waals surface area contributed by atoms with E-state index in [9.17, 15) is 4.79 Å². The number of nitrogens with zero attached hydrogens (tertiary/aromatic N) is 1. The van der Waals surface area contributed by atoms with Crippen LogP contribution in [-0.4, -0.2) is 41.5 Å². The molecule has 0 aliphatic carbocycles. The van der Waals surface area contributed by atoms with Crippen LogP contribution >= 0.6 is 0 Å². The zero-order valence-electron chi connectivity index (χ0n) is 7.62. The van der Waals surface area contributed by atoms with Crippen molar-refractivity contribution >= 4 is 5.78 Å². The summed E-state index contributed by atoms with van der Waals surface area (Å²) in [5.74, 6) is 0.340. The number of piperidine rings is 1. The summed E-state index contributed by atoms with van der Waals surface area (Å²) >= 11 is 0. The fraction of sp³-hybridized carbons (Fsp3) is 0.889. The Morgan fingerprint density at radius 3 is 3.00 bits per heavy atom. The van der Waals surface area contributed by atoms with E-state index in [0.29, 0.717) is 12.3 Å². The summed E-state index contributed by atoms with van der Waals surface area (Å²) in [6.07, 6.45) is 2.25. The van der Waals surface area contributed by atoms with E-state index in [-0.39, 0.29) is 6.10 Å². The molecule has 0 aromatic rings. The van der Waals surface area contributed by atoms with Gasteiger partial charge in [-0.2, -0.15) is 0 Å². The number of hydrogen-bond donors (Lipinski definition) is 1. The molecule has 0 spiro atoms. The van der Waals surface area contributed by atoms with Crippen molar-refractivity contribution in [3.8, 4) is 0 Å². The number of ketones is 1. The molecule has 1 atom stereocenters. The van der Waals surface area contributed by atoms with E-state index in [1.807, 2.05) is 0 Å². The number of aliphatic hydroxyl groups is 1. The van der Waals surface area contributed by atoms with Crippen LogP contribution in [0.1, 0.15) is 26.2 Å². The van der Waals surface area contributed by atoms with Crippen LogP contribution in [0.5, 0.6) is 0 Å². The van der Waals surface area contributed by atoms with E-state index < -0.39 is 0 Å². The van der Waals surface area contributed by atoms with Crippen LogP contribution in [0.25, 0.3) is 0 Å². The third-order valence-electron chi connectivity index (χ3n) is 2.19.